The monoisotopic (exact) mass is 207 g/mol. The van der Waals surface area contributed by atoms with Gasteiger partial charge < -0.3 is 9.84 Å². The van der Waals surface area contributed by atoms with E-state index < -0.39 is 5.97 Å². The highest BCUT2D eigenvalue weighted by Crippen LogP contribution is 2.07. The van der Waals surface area contributed by atoms with Crippen molar-refractivity contribution in [2.75, 3.05) is 6.61 Å². The van der Waals surface area contributed by atoms with Gasteiger partial charge >= 0.3 is 5.97 Å². The number of carbonyl (C=O) groups is 1. The molecule has 1 N–H and O–H groups in total. The van der Waals surface area contributed by atoms with Gasteiger partial charge in [0.1, 0.15) is 6.61 Å². The van der Waals surface area contributed by atoms with E-state index >= 15 is 0 Å². The zero-order chi connectivity index (χ0) is 11.3. The Hall–Kier alpha value is -1.84. The van der Waals surface area contributed by atoms with Crippen molar-refractivity contribution in [2.45, 2.75) is 13.8 Å². The molecule has 1 heterocycles. The van der Waals surface area contributed by atoms with Crippen molar-refractivity contribution in [1.82, 2.24) is 4.98 Å². The average molecular weight is 207 g/mol. The van der Waals surface area contributed by atoms with Crippen LogP contribution in [-0.2, 0) is 0 Å². The molecular weight excluding hydrogens is 194 g/mol. The summed E-state index contributed by atoms with van der Waals surface area (Å²) in [6.07, 6.45) is 3.20. The van der Waals surface area contributed by atoms with Gasteiger partial charge in [-0.15, -0.1) is 0 Å². The summed E-state index contributed by atoms with van der Waals surface area (Å²) in [5, 5.41) is 8.63. The molecule has 80 valence electrons. The van der Waals surface area contributed by atoms with E-state index in [-0.39, 0.29) is 5.56 Å². The Bertz CT molecular complexity index is 364. The van der Waals surface area contributed by atoms with Gasteiger partial charge in [0, 0.05) is 12.3 Å². The van der Waals surface area contributed by atoms with Crippen LogP contribution >= 0.6 is 0 Å². The van der Waals surface area contributed by atoms with Crippen molar-refractivity contribution in [3.8, 4) is 5.88 Å². The second kappa shape index (κ2) is 5.14. The van der Waals surface area contributed by atoms with Crippen LogP contribution in [0.4, 0.5) is 0 Å². The number of carboxylic acid groups (broad SMARTS) is 1. The number of hydrogen-bond donors (Lipinski definition) is 1. The molecule has 0 unspecified atom stereocenters. The summed E-state index contributed by atoms with van der Waals surface area (Å²) in [5.41, 5.74) is 1.32. The molecule has 15 heavy (non-hydrogen) atoms. The topological polar surface area (TPSA) is 59.4 Å². The summed E-state index contributed by atoms with van der Waals surface area (Å²) >= 11 is 0. The summed E-state index contributed by atoms with van der Waals surface area (Å²) in [6, 6.07) is 3.01. The number of aromatic carboxylic acids is 1. The number of allylic oxidation sites excluding steroid dienone is 1. The molecule has 0 amide bonds. The molecule has 0 aliphatic carbocycles. The van der Waals surface area contributed by atoms with Gasteiger partial charge in [0.2, 0.25) is 5.88 Å². The van der Waals surface area contributed by atoms with Crippen molar-refractivity contribution >= 4 is 5.97 Å². The second-order valence-corrected chi connectivity index (χ2v) is 3.28. The minimum absolute atomic E-state index is 0.157. The van der Waals surface area contributed by atoms with E-state index in [1.54, 1.807) is 6.07 Å². The van der Waals surface area contributed by atoms with Crippen molar-refractivity contribution in [3.63, 3.8) is 0 Å². The predicted molar refractivity (Wildman–Crippen MR) is 56.1 cm³/mol. The van der Waals surface area contributed by atoms with E-state index in [0.29, 0.717) is 12.5 Å². The number of hydrogen-bond acceptors (Lipinski definition) is 3. The molecule has 1 aromatic rings. The third-order valence-electron chi connectivity index (χ3n) is 1.71. The molecule has 0 saturated carbocycles. The second-order valence-electron chi connectivity index (χ2n) is 3.28. The van der Waals surface area contributed by atoms with Gasteiger partial charge in [-0.1, -0.05) is 5.57 Å². The fraction of sp³-hybridized carbons (Fsp3) is 0.273. The van der Waals surface area contributed by atoms with Gasteiger partial charge in [0.25, 0.3) is 0 Å². The van der Waals surface area contributed by atoms with Gasteiger partial charge in [-0.25, -0.2) is 9.78 Å². The third-order valence-corrected chi connectivity index (χ3v) is 1.71. The number of aromatic nitrogens is 1. The minimum atomic E-state index is -0.988. The van der Waals surface area contributed by atoms with E-state index in [1.165, 1.54) is 12.3 Å². The summed E-state index contributed by atoms with van der Waals surface area (Å²) < 4.78 is 5.27. The largest absolute Gasteiger partial charge is 0.478 e. The van der Waals surface area contributed by atoms with E-state index in [0.717, 1.165) is 5.57 Å². The number of pyridine rings is 1. The summed E-state index contributed by atoms with van der Waals surface area (Å²) in [7, 11) is 0. The highest BCUT2D eigenvalue weighted by atomic mass is 16.5. The maximum absolute atomic E-state index is 10.5. The molecule has 1 aromatic heterocycles. The van der Waals surface area contributed by atoms with E-state index in [1.807, 2.05) is 19.9 Å². The zero-order valence-electron chi connectivity index (χ0n) is 8.73. The number of nitrogens with zero attached hydrogens (tertiary/aromatic N) is 1. The summed E-state index contributed by atoms with van der Waals surface area (Å²) in [6.45, 7) is 4.40. The molecule has 0 aliphatic rings. The van der Waals surface area contributed by atoms with Crippen LogP contribution in [0.15, 0.2) is 30.0 Å². The molecule has 4 heteroatoms. The summed E-state index contributed by atoms with van der Waals surface area (Å²) in [4.78, 5) is 14.4. The molecule has 0 spiro atoms. The normalized spacial score (nSPS) is 9.47. The van der Waals surface area contributed by atoms with Crippen LogP contribution in [0.25, 0.3) is 0 Å². The van der Waals surface area contributed by atoms with E-state index in [9.17, 15) is 4.79 Å². The molecule has 0 fully saturated rings. The first-order chi connectivity index (χ1) is 7.09. The van der Waals surface area contributed by atoms with Gasteiger partial charge in [-0.2, -0.15) is 0 Å². The first-order valence-electron chi connectivity index (χ1n) is 4.55. The first-order valence-corrected chi connectivity index (χ1v) is 4.55. The van der Waals surface area contributed by atoms with Gasteiger partial charge in [-0.05, 0) is 26.0 Å². The Morgan fingerprint density at radius 2 is 2.27 bits per heavy atom. The molecule has 0 radical (unpaired) electrons. The fourth-order valence-electron chi connectivity index (χ4n) is 0.886. The highest BCUT2D eigenvalue weighted by molar-refractivity contribution is 5.87. The van der Waals surface area contributed by atoms with Crippen LogP contribution in [0, 0.1) is 0 Å². The standard InChI is InChI=1S/C11H13NO3/c1-8(2)5-6-15-10-4-3-9(7-12-10)11(13)14/h3-5,7H,6H2,1-2H3,(H,13,14). The zero-order valence-corrected chi connectivity index (χ0v) is 8.73. The third kappa shape index (κ3) is 3.81. The SMILES string of the molecule is CC(C)=CCOc1ccc(C(=O)O)cn1. The van der Waals surface area contributed by atoms with Gasteiger partial charge in [0.15, 0.2) is 0 Å². The van der Waals surface area contributed by atoms with Crippen molar-refractivity contribution in [3.05, 3.63) is 35.5 Å². The van der Waals surface area contributed by atoms with Crippen molar-refractivity contribution in [1.29, 1.82) is 0 Å². The maximum Gasteiger partial charge on any atom is 0.337 e. The van der Waals surface area contributed by atoms with Gasteiger partial charge in [-0.3, -0.25) is 0 Å². The Kier molecular flexibility index (Phi) is 3.85. The molecule has 0 atom stereocenters. The predicted octanol–water partition coefficient (Wildman–Crippen LogP) is 2.12. The first kappa shape index (κ1) is 11.2. The number of rotatable bonds is 4. The Labute approximate surface area is 88.2 Å². The van der Waals surface area contributed by atoms with Crippen LogP contribution < -0.4 is 4.74 Å². The van der Waals surface area contributed by atoms with Crippen LogP contribution in [-0.4, -0.2) is 22.7 Å². The molecule has 1 rings (SSSR count). The lowest BCUT2D eigenvalue weighted by atomic mass is 10.3. The van der Waals surface area contributed by atoms with Crippen LogP contribution in [0.1, 0.15) is 24.2 Å². The lowest BCUT2D eigenvalue weighted by Gasteiger charge is -2.02. The van der Waals surface area contributed by atoms with E-state index in [2.05, 4.69) is 4.98 Å². The van der Waals surface area contributed by atoms with E-state index in [4.69, 9.17) is 9.84 Å². The van der Waals surface area contributed by atoms with Crippen LogP contribution in [0.5, 0.6) is 5.88 Å². The van der Waals surface area contributed by atoms with Crippen LogP contribution in [0.2, 0.25) is 0 Å². The summed E-state index contributed by atoms with van der Waals surface area (Å²) in [5.74, 6) is -0.559. The quantitative estimate of drug-likeness (QED) is 0.768. The van der Waals surface area contributed by atoms with Crippen LogP contribution in [0.3, 0.4) is 0 Å². The molecule has 0 bridgehead atoms. The maximum atomic E-state index is 10.5. The smallest absolute Gasteiger partial charge is 0.337 e. The molecule has 4 nitrogen and oxygen atoms in total. The van der Waals surface area contributed by atoms with Crippen molar-refractivity contribution in [2.24, 2.45) is 0 Å². The lowest BCUT2D eigenvalue weighted by Crippen LogP contribution is -2.00. The molecule has 0 aliphatic heterocycles. The highest BCUT2D eigenvalue weighted by Gasteiger charge is 2.02. The Morgan fingerprint density at radius 3 is 2.73 bits per heavy atom. The Morgan fingerprint density at radius 1 is 1.53 bits per heavy atom. The number of ether oxygens (including phenoxy) is 1. The lowest BCUT2D eigenvalue weighted by molar-refractivity contribution is 0.0696. The number of carboxylic acids is 1. The minimum Gasteiger partial charge on any atom is -0.478 e. The molecule has 0 saturated heterocycles. The van der Waals surface area contributed by atoms with Crippen molar-refractivity contribution < 1.29 is 14.6 Å². The molecule has 0 aromatic carbocycles. The Balaban J connectivity index is 2.57. The molecular formula is C11H13NO3. The average Bonchev–Trinajstić information content (AvgIpc) is 2.18. The van der Waals surface area contributed by atoms with Gasteiger partial charge in [0.05, 0.1) is 5.56 Å². The fourth-order valence-corrected chi connectivity index (χ4v) is 0.886.